The number of aromatic nitrogens is 2. The van der Waals surface area contributed by atoms with Gasteiger partial charge in [0.25, 0.3) is 0 Å². The van der Waals surface area contributed by atoms with E-state index in [0.29, 0.717) is 0 Å². The van der Waals surface area contributed by atoms with Crippen LogP contribution in [-0.2, 0) is 17.7 Å². The van der Waals surface area contributed by atoms with Crippen LogP contribution in [0.1, 0.15) is 77.6 Å². The highest BCUT2D eigenvalue weighted by molar-refractivity contribution is 7.71. The van der Waals surface area contributed by atoms with Gasteiger partial charge >= 0.3 is 0 Å². The zero-order valence-corrected chi connectivity index (χ0v) is 26.7. The largest absolute Gasteiger partial charge is 0.256 e. The molecule has 0 spiro atoms. The molecule has 2 aromatic carbocycles. The van der Waals surface area contributed by atoms with Crippen molar-refractivity contribution in [3.63, 3.8) is 0 Å². The zero-order chi connectivity index (χ0) is 28.3. The molecule has 0 bridgehead atoms. The van der Waals surface area contributed by atoms with Crippen LogP contribution in [0.3, 0.4) is 0 Å². The Morgan fingerprint density at radius 2 is 1.08 bits per heavy atom. The van der Waals surface area contributed by atoms with Crippen molar-refractivity contribution in [2.45, 2.75) is 83.4 Å². The molecule has 0 saturated carbocycles. The smallest absolute Gasteiger partial charge is 0.0695 e. The second-order valence-corrected chi connectivity index (χ2v) is 18.8. The number of rotatable bonds is 8. The first-order valence-electron chi connectivity index (χ1n) is 13.9. The van der Waals surface area contributed by atoms with Crippen molar-refractivity contribution >= 4 is 26.7 Å². The van der Waals surface area contributed by atoms with Crippen LogP contribution in [0.25, 0.3) is 0 Å². The van der Waals surface area contributed by atoms with Gasteiger partial charge in [0.15, 0.2) is 0 Å². The van der Waals surface area contributed by atoms with Gasteiger partial charge in [0.1, 0.15) is 0 Å². The SMILES string of the molecule is CC(C)(c1ccccc1)c1ccc(CP(C(C)(C)C)C(C)(C)C)c(CP(c2ccccn2)c2ccccn2)c1. The highest BCUT2D eigenvalue weighted by Gasteiger charge is 2.35. The van der Waals surface area contributed by atoms with E-state index in [1.165, 1.54) is 22.3 Å². The lowest BCUT2D eigenvalue weighted by Crippen LogP contribution is -2.26. The van der Waals surface area contributed by atoms with Crippen molar-refractivity contribution in [3.8, 4) is 0 Å². The Morgan fingerprint density at radius 1 is 0.538 bits per heavy atom. The fraction of sp³-hybridized carbons (Fsp3) is 0.371. The Labute approximate surface area is 239 Å². The van der Waals surface area contributed by atoms with E-state index in [0.717, 1.165) is 23.2 Å². The molecule has 0 radical (unpaired) electrons. The Bertz CT molecular complexity index is 1290. The Morgan fingerprint density at radius 3 is 1.56 bits per heavy atom. The van der Waals surface area contributed by atoms with E-state index in [1.807, 2.05) is 24.5 Å². The highest BCUT2D eigenvalue weighted by Crippen LogP contribution is 2.61. The maximum Gasteiger partial charge on any atom is 0.0695 e. The van der Waals surface area contributed by atoms with Crippen molar-refractivity contribution < 1.29 is 0 Å². The number of benzene rings is 2. The van der Waals surface area contributed by atoms with Gasteiger partial charge in [-0.1, -0.05) is 124 Å². The first kappa shape index (κ1) is 29.6. The van der Waals surface area contributed by atoms with E-state index in [4.69, 9.17) is 9.97 Å². The molecule has 2 aromatic heterocycles. The summed E-state index contributed by atoms with van der Waals surface area (Å²) in [6.07, 6.45) is 5.90. The average Bonchev–Trinajstić information content (AvgIpc) is 2.91. The molecule has 0 aliphatic carbocycles. The van der Waals surface area contributed by atoms with E-state index in [2.05, 4.69) is 128 Å². The lowest BCUT2D eigenvalue weighted by molar-refractivity contribution is 0.639. The maximum atomic E-state index is 4.83. The molecule has 0 aliphatic heterocycles. The average molecular weight is 555 g/mol. The summed E-state index contributed by atoms with van der Waals surface area (Å²) in [6, 6.07) is 30.8. The van der Waals surface area contributed by atoms with E-state index >= 15 is 0 Å². The molecule has 0 saturated heterocycles. The van der Waals surface area contributed by atoms with Crippen LogP contribution < -0.4 is 10.9 Å². The summed E-state index contributed by atoms with van der Waals surface area (Å²) in [5, 5.41) is 0.527. The van der Waals surface area contributed by atoms with Gasteiger partial charge in [0, 0.05) is 31.9 Å². The molecule has 0 unspecified atom stereocenters. The minimum absolute atomic E-state index is 0.0912. The predicted octanol–water partition coefficient (Wildman–Crippen LogP) is 9.01. The number of hydrogen-bond acceptors (Lipinski definition) is 2. The molecule has 0 amide bonds. The van der Waals surface area contributed by atoms with Crippen LogP contribution in [0.4, 0.5) is 0 Å². The van der Waals surface area contributed by atoms with Crippen LogP contribution >= 0.6 is 15.8 Å². The van der Waals surface area contributed by atoms with Gasteiger partial charge in [-0.25, -0.2) is 0 Å². The minimum Gasteiger partial charge on any atom is -0.256 e. The molecule has 39 heavy (non-hydrogen) atoms. The molecule has 4 heteroatoms. The quantitative estimate of drug-likeness (QED) is 0.203. The van der Waals surface area contributed by atoms with Gasteiger partial charge in [-0.15, -0.1) is 0 Å². The van der Waals surface area contributed by atoms with E-state index in [9.17, 15) is 0 Å². The number of pyridine rings is 2. The van der Waals surface area contributed by atoms with Crippen molar-refractivity contribution in [2.24, 2.45) is 0 Å². The molecule has 4 rings (SSSR count). The number of hydrogen-bond donors (Lipinski definition) is 0. The summed E-state index contributed by atoms with van der Waals surface area (Å²) in [7, 11) is -1.02. The topological polar surface area (TPSA) is 25.8 Å². The standard InChI is InChI=1S/C35H44N2P2/c1-33(2,3)39(34(4,5)6)26-27-20-21-30(35(7,8)29-16-10-9-11-17-29)24-28(27)25-38(31-18-12-14-22-36-31)32-19-13-15-23-37-32/h9-24H,25-26H2,1-8H3. The normalized spacial score (nSPS) is 12.8. The van der Waals surface area contributed by atoms with Gasteiger partial charge < -0.3 is 0 Å². The monoisotopic (exact) mass is 554 g/mol. The van der Waals surface area contributed by atoms with E-state index in [-0.39, 0.29) is 23.6 Å². The van der Waals surface area contributed by atoms with Gasteiger partial charge in [0.2, 0.25) is 0 Å². The molecule has 2 heterocycles. The lowest BCUT2D eigenvalue weighted by atomic mass is 9.77. The van der Waals surface area contributed by atoms with Crippen LogP contribution in [0.2, 0.25) is 0 Å². The summed E-state index contributed by atoms with van der Waals surface area (Å²) in [5.41, 5.74) is 7.81. The van der Waals surface area contributed by atoms with Crippen LogP contribution in [0.15, 0.2) is 97.3 Å². The van der Waals surface area contributed by atoms with E-state index in [1.54, 1.807) is 0 Å². The van der Waals surface area contributed by atoms with E-state index < -0.39 is 7.92 Å². The third-order valence-electron chi connectivity index (χ3n) is 7.55. The molecule has 0 aliphatic rings. The minimum atomic E-state index is -0.742. The molecule has 0 N–H and O–H groups in total. The van der Waals surface area contributed by atoms with Gasteiger partial charge in [0.05, 0.1) is 10.9 Å². The zero-order valence-electron chi connectivity index (χ0n) is 24.9. The van der Waals surface area contributed by atoms with Gasteiger partial charge in [-0.2, -0.15) is 0 Å². The Kier molecular flexibility index (Phi) is 9.10. The second kappa shape index (κ2) is 12.0. The molecule has 0 fully saturated rings. The molecule has 4 aromatic rings. The van der Waals surface area contributed by atoms with Crippen molar-refractivity contribution in [3.05, 3.63) is 120 Å². The summed E-state index contributed by atoms with van der Waals surface area (Å²) in [5.74, 6) is 0. The fourth-order valence-electron chi connectivity index (χ4n) is 5.47. The molecule has 204 valence electrons. The summed E-state index contributed by atoms with van der Waals surface area (Å²) in [6.45, 7) is 19.2. The van der Waals surface area contributed by atoms with Crippen molar-refractivity contribution in [1.29, 1.82) is 0 Å². The van der Waals surface area contributed by atoms with Crippen LogP contribution in [0, 0.1) is 0 Å². The molecule has 2 nitrogen and oxygen atoms in total. The first-order valence-corrected chi connectivity index (χ1v) is 17.0. The van der Waals surface area contributed by atoms with Crippen LogP contribution in [0.5, 0.6) is 0 Å². The van der Waals surface area contributed by atoms with Crippen molar-refractivity contribution in [2.75, 3.05) is 0 Å². The first-order chi connectivity index (χ1) is 18.4. The Balaban J connectivity index is 1.85. The number of nitrogens with zero attached hydrogens (tertiary/aromatic N) is 2. The van der Waals surface area contributed by atoms with Crippen molar-refractivity contribution in [1.82, 2.24) is 9.97 Å². The third kappa shape index (κ3) is 7.22. The highest BCUT2D eigenvalue weighted by atomic mass is 31.1. The second-order valence-electron chi connectivity index (χ2n) is 12.9. The summed E-state index contributed by atoms with van der Waals surface area (Å²) in [4.78, 5) is 9.66. The molecular weight excluding hydrogens is 510 g/mol. The summed E-state index contributed by atoms with van der Waals surface area (Å²) < 4.78 is 0. The Hall–Kier alpha value is -2.40. The maximum absolute atomic E-state index is 4.83. The van der Waals surface area contributed by atoms with Gasteiger partial charge in [-0.3, -0.25) is 9.97 Å². The lowest BCUT2D eigenvalue weighted by Gasteiger charge is -2.42. The van der Waals surface area contributed by atoms with Gasteiger partial charge in [-0.05, 0) is 63.0 Å². The predicted molar refractivity (Wildman–Crippen MR) is 174 cm³/mol. The summed E-state index contributed by atoms with van der Waals surface area (Å²) >= 11 is 0. The molecular formula is C35H44N2P2. The third-order valence-corrected chi connectivity index (χ3v) is 13.7. The van der Waals surface area contributed by atoms with Crippen LogP contribution in [-0.4, -0.2) is 20.3 Å². The fourth-order valence-corrected chi connectivity index (χ4v) is 11.2. The molecule has 0 atom stereocenters.